The van der Waals surface area contributed by atoms with E-state index in [1.807, 2.05) is 0 Å². The van der Waals surface area contributed by atoms with Crippen molar-refractivity contribution in [3.05, 3.63) is 0 Å². The average molecular weight is 317 g/mol. The van der Waals surface area contributed by atoms with Crippen molar-refractivity contribution >= 4 is 18.3 Å². The summed E-state index contributed by atoms with van der Waals surface area (Å²) in [6, 6.07) is 0.489. The molecule has 4 nitrogen and oxygen atoms in total. The van der Waals surface area contributed by atoms with Crippen molar-refractivity contribution in [2.75, 3.05) is 13.1 Å². The highest BCUT2D eigenvalue weighted by Gasteiger charge is 2.40. The van der Waals surface area contributed by atoms with Gasteiger partial charge in [-0.1, -0.05) is 19.3 Å². The Kier molecular flexibility index (Phi) is 6.33. The van der Waals surface area contributed by atoms with Crippen LogP contribution in [0.4, 0.5) is 0 Å². The van der Waals surface area contributed by atoms with Crippen molar-refractivity contribution in [3.8, 4) is 0 Å². The lowest BCUT2D eigenvalue weighted by Gasteiger charge is -2.35. The highest BCUT2D eigenvalue weighted by Crippen LogP contribution is 2.35. The number of rotatable bonds is 3. The fourth-order valence-electron chi connectivity index (χ4n) is 4.32. The number of halogens is 1. The lowest BCUT2D eigenvalue weighted by Crippen LogP contribution is -2.45. The number of hydrogen-bond donors (Lipinski definition) is 1. The molecule has 2 N–H and O–H groups in total. The van der Waals surface area contributed by atoms with Gasteiger partial charge in [-0.3, -0.25) is 4.79 Å². The first-order chi connectivity index (χ1) is 9.79. The van der Waals surface area contributed by atoms with Crippen LogP contribution in [0.15, 0.2) is 0 Å². The smallest absolute Gasteiger partial charge is 0.251 e. The number of nitrogens with two attached hydrogens (primary N) is 1. The molecule has 1 aliphatic carbocycles. The molecule has 1 unspecified atom stereocenters. The van der Waals surface area contributed by atoms with Crippen LogP contribution < -0.4 is 5.73 Å². The minimum Gasteiger partial charge on any atom is -0.364 e. The summed E-state index contributed by atoms with van der Waals surface area (Å²) >= 11 is 0. The largest absolute Gasteiger partial charge is 0.364 e. The number of carbonyl (C=O) groups excluding carboxylic acids is 1. The molecule has 0 radical (unpaired) electrons. The molecule has 1 amide bonds. The number of ether oxygens (including phenoxy) is 1. The van der Waals surface area contributed by atoms with Crippen LogP contribution >= 0.6 is 12.4 Å². The molecule has 2 aliphatic heterocycles. The summed E-state index contributed by atoms with van der Waals surface area (Å²) in [4.78, 5) is 14.9. The van der Waals surface area contributed by atoms with Crippen LogP contribution in [0.2, 0.25) is 0 Å². The van der Waals surface area contributed by atoms with Crippen molar-refractivity contribution in [1.29, 1.82) is 0 Å². The van der Waals surface area contributed by atoms with Gasteiger partial charge < -0.3 is 15.4 Å². The van der Waals surface area contributed by atoms with Crippen LogP contribution in [-0.2, 0) is 9.53 Å². The summed E-state index contributed by atoms with van der Waals surface area (Å²) in [6.45, 7) is 1.48. The number of nitrogens with zero attached hydrogens (tertiary/aromatic N) is 1. The fraction of sp³-hybridized carbons (Fsp3) is 0.938. The maximum absolute atomic E-state index is 12.7. The van der Waals surface area contributed by atoms with Gasteiger partial charge in [0.1, 0.15) is 6.10 Å². The molecule has 0 aromatic rings. The van der Waals surface area contributed by atoms with Gasteiger partial charge in [0.25, 0.3) is 5.91 Å². The van der Waals surface area contributed by atoms with E-state index in [0.717, 1.165) is 25.3 Å². The monoisotopic (exact) mass is 316 g/mol. The zero-order chi connectivity index (χ0) is 13.9. The quantitative estimate of drug-likeness (QED) is 0.870. The van der Waals surface area contributed by atoms with Gasteiger partial charge in [-0.05, 0) is 44.4 Å². The zero-order valence-electron chi connectivity index (χ0n) is 12.8. The standard InChI is InChI=1S/C16H28N2O2.ClH/c17-11-13-8-9-15(20-13)16(19)18-10-4-7-14(18)12-5-2-1-3-6-12;/h12-15H,1-11,17H2;1H/t13-,14?,15+;/m1./s1. The molecule has 5 heteroatoms. The number of hydrogen-bond acceptors (Lipinski definition) is 3. The van der Waals surface area contributed by atoms with Crippen molar-refractivity contribution < 1.29 is 9.53 Å². The van der Waals surface area contributed by atoms with Crippen LogP contribution in [0.1, 0.15) is 57.8 Å². The van der Waals surface area contributed by atoms with Crippen LogP contribution in [0.5, 0.6) is 0 Å². The van der Waals surface area contributed by atoms with Crippen LogP contribution in [0.25, 0.3) is 0 Å². The maximum Gasteiger partial charge on any atom is 0.251 e. The summed E-state index contributed by atoms with van der Waals surface area (Å²) in [5.74, 6) is 0.982. The van der Waals surface area contributed by atoms with Gasteiger partial charge >= 0.3 is 0 Å². The number of likely N-dealkylation sites (tertiary alicyclic amines) is 1. The molecular formula is C16H29ClN2O2. The molecule has 1 saturated carbocycles. The van der Waals surface area contributed by atoms with Crippen molar-refractivity contribution in [2.45, 2.75) is 76.0 Å². The van der Waals surface area contributed by atoms with E-state index in [1.165, 1.54) is 44.9 Å². The van der Waals surface area contributed by atoms with Crippen LogP contribution in [0, 0.1) is 5.92 Å². The summed E-state index contributed by atoms with van der Waals surface area (Å²) in [5.41, 5.74) is 5.64. The second-order valence-electron chi connectivity index (χ2n) is 6.70. The predicted octanol–water partition coefficient (Wildman–Crippen LogP) is 2.49. The van der Waals surface area contributed by atoms with Gasteiger partial charge in [0.05, 0.1) is 6.10 Å². The molecule has 3 fully saturated rings. The molecule has 3 aliphatic rings. The number of amides is 1. The summed E-state index contributed by atoms with van der Waals surface area (Å²) in [6.07, 6.45) is 10.7. The second kappa shape index (κ2) is 7.80. The summed E-state index contributed by atoms with van der Waals surface area (Å²) in [5, 5.41) is 0. The number of carbonyl (C=O) groups is 1. The Hall–Kier alpha value is -0.320. The van der Waals surface area contributed by atoms with E-state index in [9.17, 15) is 4.79 Å². The van der Waals surface area contributed by atoms with E-state index in [4.69, 9.17) is 10.5 Å². The zero-order valence-corrected chi connectivity index (χ0v) is 13.7. The molecule has 3 atom stereocenters. The Morgan fingerprint density at radius 3 is 2.48 bits per heavy atom. The maximum atomic E-state index is 12.7. The van der Waals surface area contributed by atoms with E-state index in [0.29, 0.717) is 12.6 Å². The van der Waals surface area contributed by atoms with Crippen molar-refractivity contribution in [2.24, 2.45) is 11.7 Å². The molecule has 0 aromatic carbocycles. The molecule has 0 bridgehead atoms. The van der Waals surface area contributed by atoms with E-state index in [1.54, 1.807) is 0 Å². The molecule has 0 spiro atoms. The minimum atomic E-state index is -0.215. The first-order valence-corrected chi connectivity index (χ1v) is 8.45. The van der Waals surface area contributed by atoms with E-state index < -0.39 is 0 Å². The van der Waals surface area contributed by atoms with E-state index in [-0.39, 0.29) is 30.5 Å². The van der Waals surface area contributed by atoms with Gasteiger partial charge in [0.15, 0.2) is 0 Å². The fourth-order valence-corrected chi connectivity index (χ4v) is 4.32. The molecular weight excluding hydrogens is 288 g/mol. The Labute approximate surface area is 134 Å². The van der Waals surface area contributed by atoms with Crippen molar-refractivity contribution in [3.63, 3.8) is 0 Å². The van der Waals surface area contributed by atoms with Crippen molar-refractivity contribution in [1.82, 2.24) is 4.90 Å². The normalized spacial score (nSPS) is 34.0. The minimum absolute atomic E-state index is 0. The lowest BCUT2D eigenvalue weighted by atomic mass is 9.83. The van der Waals surface area contributed by atoms with E-state index in [2.05, 4.69) is 4.90 Å². The third-order valence-corrected chi connectivity index (χ3v) is 5.42. The van der Waals surface area contributed by atoms with Gasteiger partial charge in [0.2, 0.25) is 0 Å². The van der Waals surface area contributed by atoms with Gasteiger partial charge in [-0.15, -0.1) is 12.4 Å². The SMILES string of the molecule is Cl.NC[C@H]1CC[C@@H](C(=O)N2CCCC2C2CCCCC2)O1. The second-order valence-corrected chi connectivity index (χ2v) is 6.70. The Balaban J connectivity index is 0.00000161. The molecule has 3 rings (SSSR count). The molecule has 0 aromatic heterocycles. The van der Waals surface area contributed by atoms with Gasteiger partial charge in [-0.25, -0.2) is 0 Å². The van der Waals surface area contributed by atoms with Crippen LogP contribution in [0.3, 0.4) is 0 Å². The van der Waals surface area contributed by atoms with Gasteiger partial charge in [0, 0.05) is 19.1 Å². The molecule has 122 valence electrons. The Bertz CT molecular complexity index is 347. The third-order valence-electron chi connectivity index (χ3n) is 5.42. The lowest BCUT2D eigenvalue weighted by molar-refractivity contribution is -0.144. The van der Waals surface area contributed by atoms with E-state index >= 15 is 0 Å². The Morgan fingerprint density at radius 1 is 1.05 bits per heavy atom. The third kappa shape index (κ3) is 3.72. The molecule has 2 heterocycles. The van der Waals surface area contributed by atoms with Gasteiger partial charge in [-0.2, -0.15) is 0 Å². The Morgan fingerprint density at radius 2 is 1.81 bits per heavy atom. The first-order valence-electron chi connectivity index (χ1n) is 8.45. The molecule has 21 heavy (non-hydrogen) atoms. The average Bonchev–Trinajstić information content (AvgIpc) is 3.16. The van der Waals surface area contributed by atoms with Crippen LogP contribution in [-0.4, -0.2) is 42.1 Å². The predicted molar refractivity (Wildman–Crippen MR) is 85.5 cm³/mol. The highest BCUT2D eigenvalue weighted by molar-refractivity contribution is 5.85. The summed E-state index contributed by atoms with van der Waals surface area (Å²) < 4.78 is 5.80. The highest BCUT2D eigenvalue weighted by atomic mass is 35.5. The first kappa shape index (κ1) is 17.0. The topological polar surface area (TPSA) is 55.6 Å². The molecule has 2 saturated heterocycles. The summed E-state index contributed by atoms with van der Waals surface area (Å²) in [7, 11) is 0.